The lowest BCUT2D eigenvalue weighted by molar-refractivity contribution is -0.120. The molecule has 0 bridgehead atoms. The average Bonchev–Trinajstić information content (AvgIpc) is 2.50. The highest BCUT2D eigenvalue weighted by molar-refractivity contribution is 6.16. The van der Waals surface area contributed by atoms with Crippen LogP contribution in [-0.4, -0.2) is 15.9 Å². The molecule has 21 heavy (non-hydrogen) atoms. The van der Waals surface area contributed by atoms with Gasteiger partial charge in [-0.15, -0.1) is 11.6 Å². The lowest BCUT2D eigenvalue weighted by Gasteiger charge is -2.11. The van der Waals surface area contributed by atoms with Gasteiger partial charge in [0.15, 0.2) is 5.82 Å². The molecule has 0 saturated carbocycles. The Morgan fingerprint density at radius 2 is 2.05 bits per heavy atom. The molecule has 0 saturated heterocycles. The van der Waals surface area contributed by atoms with E-state index in [4.69, 9.17) is 11.6 Å². The number of para-hydroxylation sites is 1. The summed E-state index contributed by atoms with van der Waals surface area (Å²) in [5.74, 6) is 1.75. The van der Waals surface area contributed by atoms with Crippen LogP contribution in [0.15, 0.2) is 24.3 Å². The number of carbonyl (C=O) groups excluding carboxylic acids is 1. The zero-order chi connectivity index (χ0) is 15.2. The van der Waals surface area contributed by atoms with Crippen molar-refractivity contribution in [3.63, 3.8) is 0 Å². The number of halogens is 1. The van der Waals surface area contributed by atoms with Crippen molar-refractivity contribution in [2.45, 2.75) is 32.6 Å². The van der Waals surface area contributed by atoms with Gasteiger partial charge >= 0.3 is 0 Å². The number of hydrogen-bond donors (Lipinski definition) is 2. The summed E-state index contributed by atoms with van der Waals surface area (Å²) in [4.78, 5) is 20.4. The highest BCUT2D eigenvalue weighted by Crippen LogP contribution is 2.20. The fraction of sp³-hybridized carbons (Fsp3) is 0.400. The minimum atomic E-state index is -0.0567. The van der Waals surface area contributed by atoms with Crippen LogP contribution in [0.3, 0.4) is 0 Å². The maximum atomic E-state index is 11.8. The zero-order valence-electron chi connectivity index (χ0n) is 12.2. The number of aromatic nitrogens is 2. The molecule has 0 aliphatic rings. The van der Waals surface area contributed by atoms with E-state index in [1.54, 1.807) is 0 Å². The second-order valence-electron chi connectivity index (χ2n) is 5.24. The van der Waals surface area contributed by atoms with Gasteiger partial charge in [-0.05, 0) is 24.5 Å². The number of rotatable bonds is 6. The van der Waals surface area contributed by atoms with E-state index in [1.165, 1.54) is 0 Å². The molecule has 0 radical (unpaired) electrons. The highest BCUT2D eigenvalue weighted by Gasteiger charge is 2.08. The first-order valence-electron chi connectivity index (χ1n) is 6.96. The first-order valence-corrected chi connectivity index (χ1v) is 7.50. The summed E-state index contributed by atoms with van der Waals surface area (Å²) in [5.41, 5.74) is 6.35. The largest absolute Gasteiger partial charge is 0.281 e. The molecule has 2 rings (SSSR count). The van der Waals surface area contributed by atoms with Crippen molar-refractivity contribution in [1.29, 1.82) is 0 Å². The molecular formula is C15H19ClN4O. The van der Waals surface area contributed by atoms with Gasteiger partial charge in [0.1, 0.15) is 5.82 Å². The van der Waals surface area contributed by atoms with E-state index in [0.717, 1.165) is 17.3 Å². The number of alkyl halides is 1. The van der Waals surface area contributed by atoms with Crippen molar-refractivity contribution in [1.82, 2.24) is 15.4 Å². The maximum absolute atomic E-state index is 11.8. The third-order valence-corrected chi connectivity index (χ3v) is 3.28. The molecule has 0 unspecified atom stereocenters. The Hall–Kier alpha value is -1.88. The van der Waals surface area contributed by atoms with Gasteiger partial charge in [0.25, 0.3) is 0 Å². The molecule has 0 spiro atoms. The zero-order valence-corrected chi connectivity index (χ0v) is 12.9. The monoisotopic (exact) mass is 306 g/mol. The topological polar surface area (TPSA) is 66.9 Å². The number of amides is 1. The second-order valence-corrected chi connectivity index (χ2v) is 5.51. The molecule has 112 valence electrons. The summed E-state index contributed by atoms with van der Waals surface area (Å²) in [6.45, 7) is 4.18. The van der Waals surface area contributed by atoms with Crippen molar-refractivity contribution in [2.24, 2.45) is 5.92 Å². The predicted octanol–water partition coefficient (Wildman–Crippen LogP) is 3.25. The van der Waals surface area contributed by atoms with Crippen molar-refractivity contribution < 1.29 is 4.79 Å². The summed E-state index contributed by atoms with van der Waals surface area (Å²) in [6, 6.07) is 7.59. The van der Waals surface area contributed by atoms with E-state index in [9.17, 15) is 4.79 Å². The SMILES string of the molecule is CC(C)CCC(=O)NNc1nc(CCl)nc2ccccc12. The Bertz CT molecular complexity index is 630. The number of hydrogen-bond acceptors (Lipinski definition) is 4. The third-order valence-electron chi connectivity index (χ3n) is 3.04. The predicted molar refractivity (Wildman–Crippen MR) is 84.9 cm³/mol. The van der Waals surface area contributed by atoms with Gasteiger partial charge in [0, 0.05) is 11.8 Å². The number of hydrazine groups is 1. The summed E-state index contributed by atoms with van der Waals surface area (Å²) in [7, 11) is 0. The van der Waals surface area contributed by atoms with Crippen LogP contribution in [0.25, 0.3) is 10.9 Å². The highest BCUT2D eigenvalue weighted by atomic mass is 35.5. The fourth-order valence-corrected chi connectivity index (χ4v) is 2.01. The van der Waals surface area contributed by atoms with Gasteiger partial charge in [0.05, 0.1) is 11.4 Å². The van der Waals surface area contributed by atoms with E-state index in [0.29, 0.717) is 24.0 Å². The summed E-state index contributed by atoms with van der Waals surface area (Å²) >= 11 is 5.81. The van der Waals surface area contributed by atoms with E-state index < -0.39 is 0 Å². The standard InChI is InChI=1S/C15H19ClN4O/c1-10(2)7-8-14(21)19-20-15-11-5-3-4-6-12(11)17-13(9-16)18-15/h3-6,10H,7-9H2,1-2H3,(H,19,21)(H,17,18,20). The quantitative estimate of drug-likeness (QED) is 0.635. The van der Waals surface area contributed by atoms with Crippen LogP contribution in [0.4, 0.5) is 5.82 Å². The normalized spacial score (nSPS) is 10.9. The van der Waals surface area contributed by atoms with Gasteiger partial charge in [-0.2, -0.15) is 0 Å². The van der Waals surface area contributed by atoms with Crippen molar-refractivity contribution in [3.05, 3.63) is 30.1 Å². The molecule has 0 aliphatic carbocycles. The summed E-state index contributed by atoms with van der Waals surface area (Å²) in [5, 5.41) is 0.843. The molecule has 0 atom stereocenters. The van der Waals surface area contributed by atoms with Crippen molar-refractivity contribution >= 4 is 34.2 Å². The lowest BCUT2D eigenvalue weighted by Crippen LogP contribution is -2.30. The molecule has 6 heteroatoms. The number of fused-ring (bicyclic) bond motifs is 1. The first kappa shape index (κ1) is 15.5. The van der Waals surface area contributed by atoms with Gasteiger partial charge in [-0.1, -0.05) is 26.0 Å². The van der Waals surface area contributed by atoms with Crippen molar-refractivity contribution in [2.75, 3.05) is 5.43 Å². The van der Waals surface area contributed by atoms with Crippen LogP contribution >= 0.6 is 11.6 Å². The first-order chi connectivity index (χ1) is 10.1. The number of nitrogens with one attached hydrogen (secondary N) is 2. The van der Waals surface area contributed by atoms with E-state index in [-0.39, 0.29) is 11.8 Å². The molecule has 1 aromatic heterocycles. The van der Waals surface area contributed by atoms with Crippen LogP contribution < -0.4 is 10.9 Å². The second kappa shape index (κ2) is 7.22. The number of benzene rings is 1. The van der Waals surface area contributed by atoms with Gasteiger partial charge in [-0.25, -0.2) is 9.97 Å². The van der Waals surface area contributed by atoms with Crippen LogP contribution in [-0.2, 0) is 10.7 Å². The lowest BCUT2D eigenvalue weighted by atomic mass is 10.1. The van der Waals surface area contributed by atoms with E-state index in [2.05, 4.69) is 34.7 Å². The van der Waals surface area contributed by atoms with Crippen LogP contribution in [0.2, 0.25) is 0 Å². The molecule has 1 amide bonds. The van der Waals surface area contributed by atoms with Crippen LogP contribution in [0.5, 0.6) is 0 Å². The number of anilines is 1. The number of nitrogens with zero attached hydrogens (tertiary/aromatic N) is 2. The van der Waals surface area contributed by atoms with Crippen molar-refractivity contribution in [3.8, 4) is 0 Å². The Morgan fingerprint density at radius 1 is 1.29 bits per heavy atom. The molecule has 1 aromatic carbocycles. The summed E-state index contributed by atoms with van der Waals surface area (Å²) in [6.07, 6.45) is 1.33. The smallest absolute Gasteiger partial charge is 0.238 e. The molecule has 2 aromatic rings. The van der Waals surface area contributed by atoms with Gasteiger partial charge in [0.2, 0.25) is 5.91 Å². The molecule has 5 nitrogen and oxygen atoms in total. The Labute approximate surface area is 129 Å². The van der Waals surface area contributed by atoms with Gasteiger partial charge < -0.3 is 0 Å². The molecule has 1 heterocycles. The maximum Gasteiger partial charge on any atom is 0.238 e. The summed E-state index contributed by atoms with van der Waals surface area (Å²) < 4.78 is 0. The molecule has 0 aliphatic heterocycles. The Kier molecular flexibility index (Phi) is 5.33. The van der Waals surface area contributed by atoms with Gasteiger partial charge in [-0.3, -0.25) is 15.6 Å². The average molecular weight is 307 g/mol. The van der Waals surface area contributed by atoms with Crippen LogP contribution in [0.1, 0.15) is 32.5 Å². The van der Waals surface area contributed by atoms with E-state index >= 15 is 0 Å². The third kappa shape index (κ3) is 4.29. The molecular weight excluding hydrogens is 288 g/mol. The van der Waals surface area contributed by atoms with E-state index in [1.807, 2.05) is 24.3 Å². The fourth-order valence-electron chi connectivity index (χ4n) is 1.89. The van der Waals surface area contributed by atoms with Crippen LogP contribution in [0, 0.1) is 5.92 Å². The Balaban J connectivity index is 2.12. The number of carbonyl (C=O) groups is 1. The Morgan fingerprint density at radius 3 is 2.76 bits per heavy atom. The molecule has 0 fully saturated rings. The minimum Gasteiger partial charge on any atom is -0.281 e. The molecule has 2 N–H and O–H groups in total. The minimum absolute atomic E-state index is 0.0567.